The van der Waals surface area contributed by atoms with E-state index in [0.717, 1.165) is 5.75 Å². The van der Waals surface area contributed by atoms with Gasteiger partial charge in [0.25, 0.3) is 0 Å². The molecule has 0 amide bonds. The second-order valence-corrected chi connectivity index (χ2v) is 4.01. The van der Waals surface area contributed by atoms with Crippen molar-refractivity contribution in [2.45, 2.75) is 17.7 Å². The molecule has 0 spiro atoms. The molecule has 0 radical (unpaired) electrons. The van der Waals surface area contributed by atoms with Crippen LogP contribution in [0.5, 0.6) is 5.75 Å². The smallest absolute Gasteiger partial charge is 0.496 e. The second kappa shape index (κ2) is 5.00. The van der Waals surface area contributed by atoms with E-state index in [4.69, 9.17) is 4.74 Å². The van der Waals surface area contributed by atoms with E-state index < -0.39 is 0 Å². The summed E-state index contributed by atoms with van der Waals surface area (Å²) in [5.74, 6) is 0.988. The quantitative estimate of drug-likeness (QED) is 0.489. The van der Waals surface area contributed by atoms with Crippen LogP contribution in [-0.2, 0) is 0 Å². The molecule has 1 fully saturated rings. The van der Waals surface area contributed by atoms with Crippen molar-refractivity contribution in [3.05, 3.63) is 29.5 Å². The monoisotopic (exact) mass is 186 g/mol. The zero-order valence-corrected chi connectivity index (χ0v) is 8.86. The fourth-order valence-corrected chi connectivity index (χ4v) is 2.03. The summed E-state index contributed by atoms with van der Waals surface area (Å²) in [6, 6.07) is 8.16. The van der Waals surface area contributed by atoms with Crippen LogP contribution in [0.4, 0.5) is 0 Å². The molecule has 1 aliphatic rings. The van der Waals surface area contributed by atoms with E-state index in [1.165, 1.54) is 17.7 Å². The predicted molar refractivity (Wildman–Crippen MR) is 51.3 cm³/mol. The molecule has 1 aromatic rings. The SMILES string of the molecule is COc1ccccc1S[C-]1CC1.[Li+]. The Morgan fingerprint density at radius 1 is 1.31 bits per heavy atom. The van der Waals surface area contributed by atoms with Gasteiger partial charge < -0.3 is 16.5 Å². The Morgan fingerprint density at radius 3 is 2.62 bits per heavy atom. The first-order chi connectivity index (χ1) is 5.90. The molecule has 0 heterocycles. The minimum atomic E-state index is 0. The van der Waals surface area contributed by atoms with Crippen molar-refractivity contribution < 1.29 is 23.6 Å². The maximum Gasteiger partial charge on any atom is 1.00 e. The summed E-state index contributed by atoms with van der Waals surface area (Å²) in [5, 5.41) is 1.57. The number of thioether (sulfide) groups is 1. The topological polar surface area (TPSA) is 9.23 Å². The zero-order valence-electron chi connectivity index (χ0n) is 8.04. The molecule has 0 unspecified atom stereocenters. The molecule has 1 saturated carbocycles. The first-order valence-electron chi connectivity index (χ1n) is 4.06. The molecule has 0 saturated heterocycles. The van der Waals surface area contributed by atoms with E-state index >= 15 is 0 Å². The van der Waals surface area contributed by atoms with E-state index in [1.807, 2.05) is 30.0 Å². The van der Waals surface area contributed by atoms with Gasteiger partial charge in [-0.3, -0.25) is 5.25 Å². The summed E-state index contributed by atoms with van der Waals surface area (Å²) in [4.78, 5) is 1.24. The van der Waals surface area contributed by atoms with E-state index in [2.05, 4.69) is 6.07 Å². The first kappa shape index (κ1) is 11.0. The van der Waals surface area contributed by atoms with Crippen molar-refractivity contribution in [3.63, 3.8) is 0 Å². The molecule has 0 bridgehead atoms. The normalized spacial score (nSPS) is 14.8. The molecular formula is C10H11LiOS. The number of benzene rings is 1. The van der Waals surface area contributed by atoms with Crippen LogP contribution in [0.15, 0.2) is 29.2 Å². The van der Waals surface area contributed by atoms with Gasteiger partial charge in [-0.05, 0) is 12.1 Å². The fraction of sp³-hybridized carbons (Fsp3) is 0.300. The summed E-state index contributed by atoms with van der Waals surface area (Å²) in [7, 11) is 1.72. The van der Waals surface area contributed by atoms with E-state index in [9.17, 15) is 0 Å². The van der Waals surface area contributed by atoms with Crippen LogP contribution in [-0.4, -0.2) is 7.11 Å². The van der Waals surface area contributed by atoms with Gasteiger partial charge in [0.1, 0.15) is 5.75 Å². The molecule has 0 N–H and O–H groups in total. The third-order valence-corrected chi connectivity index (χ3v) is 3.03. The molecule has 1 aliphatic carbocycles. The largest absolute Gasteiger partial charge is 1.00 e. The van der Waals surface area contributed by atoms with E-state index in [0.29, 0.717) is 0 Å². The molecule has 1 nitrogen and oxygen atoms in total. The van der Waals surface area contributed by atoms with Crippen molar-refractivity contribution >= 4 is 11.8 Å². The average Bonchev–Trinajstić information content (AvgIpc) is 2.89. The number of hydrogen-bond acceptors (Lipinski definition) is 2. The zero-order chi connectivity index (χ0) is 8.39. The summed E-state index contributed by atoms with van der Waals surface area (Å²) < 4.78 is 5.24. The van der Waals surface area contributed by atoms with E-state index in [-0.39, 0.29) is 18.9 Å². The number of para-hydroxylation sites is 1. The van der Waals surface area contributed by atoms with Gasteiger partial charge in [-0.1, -0.05) is 12.1 Å². The summed E-state index contributed by atoms with van der Waals surface area (Å²) >= 11 is 1.85. The molecule has 1 aromatic carbocycles. The maximum absolute atomic E-state index is 5.24. The number of hydrogen-bond donors (Lipinski definition) is 0. The second-order valence-electron chi connectivity index (χ2n) is 2.79. The van der Waals surface area contributed by atoms with Crippen LogP contribution in [0.1, 0.15) is 12.8 Å². The van der Waals surface area contributed by atoms with Gasteiger partial charge >= 0.3 is 18.9 Å². The molecule has 0 aromatic heterocycles. The van der Waals surface area contributed by atoms with Crippen LogP contribution >= 0.6 is 11.8 Å². The van der Waals surface area contributed by atoms with Crippen LogP contribution in [0, 0.1) is 5.25 Å². The molecule has 13 heavy (non-hydrogen) atoms. The Kier molecular flexibility index (Phi) is 4.25. The minimum Gasteiger partial charge on any atom is -0.496 e. The van der Waals surface area contributed by atoms with Gasteiger partial charge in [0.2, 0.25) is 0 Å². The minimum absolute atomic E-state index is 0. The van der Waals surface area contributed by atoms with Crippen LogP contribution in [0.2, 0.25) is 0 Å². The fourth-order valence-electron chi connectivity index (χ4n) is 1.01. The van der Waals surface area contributed by atoms with Crippen molar-refractivity contribution in [1.29, 1.82) is 0 Å². The Balaban J connectivity index is 0.000000845. The summed E-state index contributed by atoms with van der Waals surface area (Å²) in [5.41, 5.74) is 0. The Labute approximate surface area is 95.4 Å². The Bertz CT molecular complexity index is 273. The number of ether oxygens (including phenoxy) is 1. The van der Waals surface area contributed by atoms with E-state index in [1.54, 1.807) is 12.4 Å². The molecular weight excluding hydrogens is 175 g/mol. The molecule has 0 aliphatic heterocycles. The van der Waals surface area contributed by atoms with Gasteiger partial charge in [-0.15, -0.1) is 0 Å². The standard InChI is InChI=1S/C10H11OS.Li/c1-11-9-4-2-3-5-10(9)12-8-6-7-8;/h2-5H,6-7H2,1H3;/q-1;+1. The number of methoxy groups -OCH3 is 1. The molecule has 0 atom stereocenters. The van der Waals surface area contributed by atoms with Gasteiger partial charge in [-0.25, -0.2) is 0 Å². The third kappa shape index (κ3) is 2.98. The van der Waals surface area contributed by atoms with Crippen LogP contribution in [0.3, 0.4) is 0 Å². The molecule has 64 valence electrons. The predicted octanol–water partition coefficient (Wildman–Crippen LogP) is 0.117. The van der Waals surface area contributed by atoms with Crippen molar-refractivity contribution in [2.75, 3.05) is 7.11 Å². The van der Waals surface area contributed by atoms with Gasteiger partial charge in [0, 0.05) is 4.90 Å². The third-order valence-electron chi connectivity index (χ3n) is 1.78. The Morgan fingerprint density at radius 2 is 2.00 bits per heavy atom. The van der Waals surface area contributed by atoms with Gasteiger partial charge in [0.15, 0.2) is 0 Å². The first-order valence-corrected chi connectivity index (χ1v) is 4.87. The average molecular weight is 186 g/mol. The van der Waals surface area contributed by atoms with Gasteiger partial charge in [-0.2, -0.15) is 12.8 Å². The summed E-state index contributed by atoms with van der Waals surface area (Å²) in [6.45, 7) is 0. The van der Waals surface area contributed by atoms with Crippen LogP contribution in [0.25, 0.3) is 0 Å². The van der Waals surface area contributed by atoms with Crippen molar-refractivity contribution in [2.24, 2.45) is 0 Å². The maximum atomic E-state index is 5.24. The van der Waals surface area contributed by atoms with Crippen molar-refractivity contribution in [3.8, 4) is 5.75 Å². The summed E-state index contributed by atoms with van der Waals surface area (Å²) in [6.07, 6.45) is 2.56. The molecule has 2 rings (SSSR count). The molecule has 3 heteroatoms. The number of rotatable bonds is 3. The Hall–Kier alpha value is -0.0326. The van der Waals surface area contributed by atoms with Crippen molar-refractivity contribution in [1.82, 2.24) is 0 Å². The van der Waals surface area contributed by atoms with Gasteiger partial charge in [0.05, 0.1) is 7.11 Å². The van der Waals surface area contributed by atoms with Crippen LogP contribution < -0.4 is 23.6 Å².